The van der Waals surface area contributed by atoms with Gasteiger partial charge in [0, 0.05) is 33.6 Å². The van der Waals surface area contributed by atoms with Gasteiger partial charge in [-0.2, -0.15) is 0 Å². The number of rotatable bonds is 1. The van der Waals surface area contributed by atoms with E-state index in [1.807, 2.05) is 44.2 Å². The molecule has 4 N–H and O–H groups in total. The van der Waals surface area contributed by atoms with E-state index >= 15 is 0 Å². The number of hydrogen-bond acceptors (Lipinski definition) is 3. The molecule has 0 amide bonds. The average Bonchev–Trinajstić information content (AvgIpc) is 2.68. The Morgan fingerprint density at radius 3 is 1.89 bits per heavy atom. The van der Waals surface area contributed by atoms with Crippen molar-refractivity contribution in [2.75, 3.05) is 0 Å². The van der Waals surface area contributed by atoms with Gasteiger partial charge >= 0.3 is 0 Å². The number of hydrogen-bond donors (Lipinski definition) is 3. The van der Waals surface area contributed by atoms with E-state index in [4.69, 9.17) is 5.73 Å². The first-order chi connectivity index (χ1) is 13.5. The number of pyridine rings is 2. The first-order valence-electron chi connectivity index (χ1n) is 9.22. The smallest absolute Gasteiger partial charge is 0.197 e. The molecule has 5 aromatic rings. The minimum Gasteiger partial charge on any atom is -0.354 e. The maximum atomic E-state index is 13.1. The molecule has 2 heterocycles. The molecule has 0 atom stereocenters. The summed E-state index contributed by atoms with van der Waals surface area (Å²) in [4.78, 5) is 32.8. The summed E-state index contributed by atoms with van der Waals surface area (Å²) in [6.07, 6.45) is 0. The molecule has 0 fully saturated rings. The second-order valence-electron chi connectivity index (χ2n) is 7.43. The van der Waals surface area contributed by atoms with Gasteiger partial charge in [-0.3, -0.25) is 9.59 Å². The van der Waals surface area contributed by atoms with Crippen molar-refractivity contribution in [3.05, 3.63) is 79.6 Å². The normalized spacial score (nSPS) is 11.8. The Labute approximate surface area is 159 Å². The molecule has 5 heteroatoms. The summed E-state index contributed by atoms with van der Waals surface area (Å²) < 4.78 is 0. The van der Waals surface area contributed by atoms with Gasteiger partial charge in [0.15, 0.2) is 10.9 Å². The van der Waals surface area contributed by atoms with Crippen LogP contribution in [0.1, 0.15) is 16.7 Å². The van der Waals surface area contributed by atoms with E-state index in [0.29, 0.717) is 39.1 Å². The minimum atomic E-state index is -0.0535. The molecule has 0 aliphatic carbocycles. The highest BCUT2D eigenvalue weighted by Crippen LogP contribution is 2.23. The van der Waals surface area contributed by atoms with Crippen molar-refractivity contribution in [2.24, 2.45) is 5.73 Å². The Kier molecular flexibility index (Phi) is 3.45. The Hall–Kier alpha value is -3.44. The zero-order chi connectivity index (χ0) is 19.6. The van der Waals surface area contributed by atoms with Crippen LogP contribution in [0.5, 0.6) is 0 Å². The molecule has 28 heavy (non-hydrogen) atoms. The molecule has 0 saturated carbocycles. The predicted octanol–water partition coefficient (Wildman–Crippen LogP) is 3.75. The number of aromatic nitrogens is 2. The molecule has 0 saturated heterocycles. The van der Waals surface area contributed by atoms with Crippen LogP contribution in [0.4, 0.5) is 0 Å². The van der Waals surface area contributed by atoms with Crippen LogP contribution in [0.25, 0.3) is 43.6 Å². The van der Waals surface area contributed by atoms with E-state index in [2.05, 4.69) is 9.97 Å². The van der Waals surface area contributed by atoms with Crippen LogP contribution in [0.3, 0.4) is 0 Å². The van der Waals surface area contributed by atoms with Crippen LogP contribution in [0, 0.1) is 13.8 Å². The quantitative estimate of drug-likeness (QED) is 0.393. The van der Waals surface area contributed by atoms with Gasteiger partial charge in [-0.05, 0) is 61.4 Å². The molecule has 0 unspecified atom stereocenters. The van der Waals surface area contributed by atoms with Gasteiger partial charge in [0.1, 0.15) is 0 Å². The summed E-state index contributed by atoms with van der Waals surface area (Å²) in [5, 5.41) is 2.39. The van der Waals surface area contributed by atoms with Crippen molar-refractivity contribution in [1.29, 1.82) is 0 Å². The van der Waals surface area contributed by atoms with Gasteiger partial charge in [0.25, 0.3) is 0 Å². The second kappa shape index (κ2) is 5.78. The Morgan fingerprint density at radius 1 is 0.714 bits per heavy atom. The van der Waals surface area contributed by atoms with E-state index in [-0.39, 0.29) is 10.9 Å². The Morgan fingerprint density at radius 2 is 1.25 bits per heavy atom. The fourth-order valence-electron chi connectivity index (χ4n) is 3.98. The predicted molar refractivity (Wildman–Crippen MR) is 115 cm³/mol. The van der Waals surface area contributed by atoms with Gasteiger partial charge in [-0.1, -0.05) is 11.6 Å². The van der Waals surface area contributed by atoms with Crippen LogP contribution in [0.15, 0.2) is 52.1 Å². The summed E-state index contributed by atoms with van der Waals surface area (Å²) in [5.74, 6) is 0. The molecule has 0 bridgehead atoms. The number of fused-ring (bicyclic) bond motifs is 4. The summed E-state index contributed by atoms with van der Waals surface area (Å²) in [7, 11) is 0. The lowest BCUT2D eigenvalue weighted by Crippen LogP contribution is -2.09. The van der Waals surface area contributed by atoms with E-state index in [1.165, 1.54) is 0 Å². The van der Waals surface area contributed by atoms with Crippen molar-refractivity contribution in [1.82, 2.24) is 9.97 Å². The third-order valence-electron chi connectivity index (χ3n) is 5.55. The molecule has 5 rings (SSSR count). The third-order valence-corrected chi connectivity index (χ3v) is 5.55. The zero-order valence-electron chi connectivity index (χ0n) is 15.6. The summed E-state index contributed by atoms with van der Waals surface area (Å²) in [6.45, 7) is 4.33. The summed E-state index contributed by atoms with van der Waals surface area (Å²) in [6, 6.07) is 13.1. The molecule has 2 aromatic heterocycles. The molecular formula is C23H19N3O2. The second-order valence-corrected chi connectivity index (χ2v) is 7.43. The van der Waals surface area contributed by atoms with Crippen molar-refractivity contribution >= 4 is 43.6 Å². The molecule has 138 valence electrons. The van der Waals surface area contributed by atoms with Crippen molar-refractivity contribution < 1.29 is 0 Å². The number of nitrogens with two attached hydrogens (primary N) is 1. The number of H-pyrrole nitrogens is 2. The number of aryl methyl sites for hydroxylation is 2. The first kappa shape index (κ1) is 16.7. The Balaban J connectivity index is 1.96. The van der Waals surface area contributed by atoms with Crippen LogP contribution >= 0.6 is 0 Å². The monoisotopic (exact) mass is 369 g/mol. The maximum Gasteiger partial charge on any atom is 0.197 e. The topological polar surface area (TPSA) is 91.7 Å². The standard InChI is InChI=1S/C23H19N3O2/c1-11-3-4-18-14(5-11)22(27)16-9-21-17(8-20(16)25-18)23(28)15-6-12(2)13(10-24)7-19(15)26-21/h3-9H,10,24H2,1-2H3,(H,25,27)(H,26,28). The van der Waals surface area contributed by atoms with Crippen LogP contribution < -0.4 is 16.6 Å². The zero-order valence-corrected chi connectivity index (χ0v) is 15.6. The fraction of sp³-hybridized carbons (Fsp3) is 0.130. The molecule has 5 nitrogen and oxygen atoms in total. The van der Waals surface area contributed by atoms with Gasteiger partial charge < -0.3 is 15.7 Å². The SMILES string of the molecule is Cc1ccc2[nH]c3cc4c(=O)c5cc(C)c(CN)cc5[nH]c4cc3c(=O)c2c1. The van der Waals surface area contributed by atoms with E-state index in [9.17, 15) is 9.59 Å². The summed E-state index contributed by atoms with van der Waals surface area (Å²) in [5.41, 5.74) is 11.5. The number of aromatic amines is 2. The number of benzene rings is 3. The van der Waals surface area contributed by atoms with E-state index in [1.54, 1.807) is 12.1 Å². The molecule has 3 aromatic carbocycles. The lowest BCUT2D eigenvalue weighted by atomic mass is 10.0. The van der Waals surface area contributed by atoms with Gasteiger partial charge in [-0.25, -0.2) is 0 Å². The maximum absolute atomic E-state index is 13.1. The van der Waals surface area contributed by atoms with Crippen molar-refractivity contribution in [3.63, 3.8) is 0 Å². The Bertz CT molecular complexity index is 1560. The van der Waals surface area contributed by atoms with Gasteiger partial charge in [0.2, 0.25) is 0 Å². The highest BCUT2D eigenvalue weighted by Gasteiger charge is 2.12. The largest absolute Gasteiger partial charge is 0.354 e. The fourth-order valence-corrected chi connectivity index (χ4v) is 3.98. The van der Waals surface area contributed by atoms with E-state index in [0.717, 1.165) is 27.7 Å². The van der Waals surface area contributed by atoms with Crippen molar-refractivity contribution in [2.45, 2.75) is 20.4 Å². The lowest BCUT2D eigenvalue weighted by molar-refractivity contribution is 1.05. The number of nitrogens with one attached hydrogen (secondary N) is 2. The molecular weight excluding hydrogens is 350 g/mol. The lowest BCUT2D eigenvalue weighted by Gasteiger charge is -2.09. The molecule has 0 aliphatic heterocycles. The van der Waals surface area contributed by atoms with Crippen LogP contribution in [0.2, 0.25) is 0 Å². The van der Waals surface area contributed by atoms with Gasteiger partial charge in [-0.15, -0.1) is 0 Å². The third kappa shape index (κ3) is 2.30. The highest BCUT2D eigenvalue weighted by atomic mass is 16.1. The van der Waals surface area contributed by atoms with Crippen molar-refractivity contribution in [3.8, 4) is 0 Å². The van der Waals surface area contributed by atoms with E-state index < -0.39 is 0 Å². The summed E-state index contributed by atoms with van der Waals surface area (Å²) >= 11 is 0. The highest BCUT2D eigenvalue weighted by molar-refractivity contribution is 6.02. The van der Waals surface area contributed by atoms with Crippen LogP contribution in [-0.2, 0) is 6.54 Å². The van der Waals surface area contributed by atoms with Crippen LogP contribution in [-0.4, -0.2) is 9.97 Å². The molecule has 0 radical (unpaired) electrons. The minimum absolute atomic E-state index is 0.0400. The average molecular weight is 369 g/mol. The van der Waals surface area contributed by atoms with Gasteiger partial charge in [0.05, 0.1) is 16.6 Å². The molecule has 0 spiro atoms. The molecule has 0 aliphatic rings. The first-order valence-corrected chi connectivity index (χ1v) is 9.22.